The van der Waals surface area contributed by atoms with E-state index in [9.17, 15) is 10.1 Å². The van der Waals surface area contributed by atoms with Crippen LogP contribution in [0.25, 0.3) is 6.08 Å². The molecule has 0 radical (unpaired) electrons. The normalized spacial score (nSPS) is 12.1. The molecule has 5 heteroatoms. The number of hydrogen-bond acceptors (Lipinski definition) is 3. The van der Waals surface area contributed by atoms with Gasteiger partial charge in [0, 0.05) is 26.7 Å². The van der Waals surface area contributed by atoms with Crippen molar-refractivity contribution in [1.82, 2.24) is 0 Å². The predicted molar refractivity (Wildman–Crippen MR) is 61.8 cm³/mol. The minimum absolute atomic E-state index is 0.0640. The Labute approximate surface area is 94.7 Å². The number of nitrogens with zero attached hydrogens (tertiary/aromatic N) is 1. The number of hydrogen-bond donors (Lipinski definition) is 0. The largest absolute Gasteiger partial charge is 0.259 e. The van der Waals surface area contributed by atoms with E-state index in [1.54, 1.807) is 6.08 Å². The zero-order valence-electron chi connectivity index (χ0n) is 7.86. The lowest BCUT2D eigenvalue weighted by molar-refractivity contribution is -0.431. The van der Waals surface area contributed by atoms with E-state index in [0.717, 1.165) is 9.35 Å². The topological polar surface area (TPSA) is 43.1 Å². The minimum atomic E-state index is -0.321. The number of halogens is 1. The number of allylic oxidation sites excluding steroid dienone is 1. The van der Waals surface area contributed by atoms with Crippen LogP contribution in [0.5, 0.6) is 0 Å². The number of rotatable bonds is 3. The van der Waals surface area contributed by atoms with Gasteiger partial charge in [-0.25, -0.2) is 0 Å². The van der Waals surface area contributed by atoms with Crippen molar-refractivity contribution in [1.29, 1.82) is 0 Å². The molecule has 0 saturated carbocycles. The summed E-state index contributed by atoms with van der Waals surface area (Å²) in [4.78, 5) is 11.3. The van der Waals surface area contributed by atoms with Crippen molar-refractivity contribution in [3.8, 4) is 0 Å². The molecule has 0 aromatic carbocycles. The summed E-state index contributed by atoms with van der Waals surface area (Å²) in [5.41, 5.74) is 0.249. The van der Waals surface area contributed by atoms with Crippen LogP contribution in [0, 0.1) is 16.0 Å². The Hall–Kier alpha value is -0.680. The van der Waals surface area contributed by atoms with E-state index in [0.29, 0.717) is 0 Å². The molecule has 1 rings (SSSR count). The molecule has 0 aliphatic carbocycles. The van der Waals surface area contributed by atoms with Crippen LogP contribution in [0.15, 0.2) is 21.6 Å². The Balaban J connectivity index is 2.99. The van der Waals surface area contributed by atoms with Crippen molar-refractivity contribution < 1.29 is 4.92 Å². The van der Waals surface area contributed by atoms with Crippen LogP contribution in [-0.4, -0.2) is 4.92 Å². The van der Waals surface area contributed by atoms with Crippen LogP contribution in [0.3, 0.4) is 0 Å². The quantitative estimate of drug-likeness (QED) is 0.622. The van der Waals surface area contributed by atoms with E-state index in [1.807, 2.05) is 25.3 Å². The summed E-state index contributed by atoms with van der Waals surface area (Å²) < 4.78 is 0.959. The first kappa shape index (κ1) is 11.4. The van der Waals surface area contributed by atoms with Gasteiger partial charge in [-0.2, -0.15) is 0 Å². The molecule has 0 spiro atoms. The molecule has 0 saturated heterocycles. The van der Waals surface area contributed by atoms with E-state index in [1.165, 1.54) is 11.3 Å². The SMILES string of the molecule is CC(C)C(=Cc1cc(Br)cs1)[N+](=O)[O-]. The van der Waals surface area contributed by atoms with Crippen LogP contribution in [0.1, 0.15) is 18.7 Å². The average Bonchev–Trinajstić information content (AvgIpc) is 2.46. The summed E-state index contributed by atoms with van der Waals surface area (Å²) in [6, 6.07) is 1.87. The summed E-state index contributed by atoms with van der Waals surface area (Å²) in [7, 11) is 0. The molecule has 0 atom stereocenters. The number of nitro groups is 1. The summed E-state index contributed by atoms with van der Waals surface area (Å²) in [6.45, 7) is 3.63. The molecule has 0 aliphatic rings. The monoisotopic (exact) mass is 275 g/mol. The first-order chi connectivity index (χ1) is 6.50. The van der Waals surface area contributed by atoms with Crippen molar-refractivity contribution in [2.24, 2.45) is 5.92 Å². The molecule has 14 heavy (non-hydrogen) atoms. The molecule has 3 nitrogen and oxygen atoms in total. The zero-order valence-corrected chi connectivity index (χ0v) is 10.3. The highest BCUT2D eigenvalue weighted by molar-refractivity contribution is 9.10. The van der Waals surface area contributed by atoms with Crippen molar-refractivity contribution in [3.63, 3.8) is 0 Å². The predicted octanol–water partition coefficient (Wildman–Crippen LogP) is 3.78. The Bertz CT molecular complexity index is 371. The maximum absolute atomic E-state index is 10.7. The second-order valence-corrected chi connectivity index (χ2v) is 5.01. The Morgan fingerprint density at radius 3 is 2.71 bits per heavy atom. The van der Waals surface area contributed by atoms with Gasteiger partial charge < -0.3 is 0 Å². The molecule has 1 aromatic rings. The van der Waals surface area contributed by atoms with Gasteiger partial charge in [-0.15, -0.1) is 11.3 Å². The second-order valence-electron chi connectivity index (χ2n) is 3.15. The lowest BCUT2D eigenvalue weighted by Crippen LogP contribution is -2.04. The van der Waals surface area contributed by atoms with Crippen molar-refractivity contribution in [2.75, 3.05) is 0 Å². The third kappa shape index (κ3) is 2.92. The van der Waals surface area contributed by atoms with Crippen LogP contribution in [-0.2, 0) is 0 Å². The van der Waals surface area contributed by atoms with E-state index >= 15 is 0 Å². The van der Waals surface area contributed by atoms with Crippen molar-refractivity contribution >= 4 is 33.3 Å². The van der Waals surface area contributed by atoms with Crippen LogP contribution >= 0.6 is 27.3 Å². The van der Waals surface area contributed by atoms with Gasteiger partial charge in [0.1, 0.15) is 0 Å². The minimum Gasteiger partial charge on any atom is -0.259 e. The molecule has 76 valence electrons. The molecule has 1 heterocycles. The third-order valence-corrected chi connectivity index (χ3v) is 3.32. The van der Waals surface area contributed by atoms with Gasteiger partial charge in [0.05, 0.1) is 4.92 Å². The van der Waals surface area contributed by atoms with Gasteiger partial charge in [0.2, 0.25) is 5.70 Å². The molecule has 0 fully saturated rings. The van der Waals surface area contributed by atoms with Crippen LogP contribution < -0.4 is 0 Å². The zero-order chi connectivity index (χ0) is 10.7. The summed E-state index contributed by atoms with van der Waals surface area (Å²) in [5, 5.41) is 12.6. The smallest absolute Gasteiger partial charge is 0.250 e. The molecule has 0 bridgehead atoms. The van der Waals surface area contributed by atoms with Gasteiger partial charge >= 0.3 is 0 Å². The van der Waals surface area contributed by atoms with Gasteiger partial charge in [0.15, 0.2) is 0 Å². The maximum Gasteiger partial charge on any atom is 0.250 e. The van der Waals surface area contributed by atoms with E-state index < -0.39 is 0 Å². The number of thiophene rings is 1. The molecule has 0 unspecified atom stereocenters. The van der Waals surface area contributed by atoms with Crippen molar-refractivity contribution in [3.05, 3.63) is 36.6 Å². The fourth-order valence-corrected chi connectivity index (χ4v) is 2.36. The summed E-state index contributed by atoms with van der Waals surface area (Å²) in [5.74, 6) is -0.0640. The van der Waals surface area contributed by atoms with Gasteiger partial charge in [-0.05, 0) is 22.0 Å². The molecule has 1 aromatic heterocycles. The first-order valence-electron chi connectivity index (χ1n) is 4.10. The van der Waals surface area contributed by atoms with Crippen molar-refractivity contribution in [2.45, 2.75) is 13.8 Å². The highest BCUT2D eigenvalue weighted by Gasteiger charge is 2.15. The van der Waals surface area contributed by atoms with Gasteiger partial charge in [-0.1, -0.05) is 13.8 Å². The fourth-order valence-electron chi connectivity index (χ4n) is 0.980. The standard InChI is InChI=1S/C9H10BrNO2S/c1-6(2)9(11(12)13)4-8-3-7(10)5-14-8/h3-6H,1-2H3. The highest BCUT2D eigenvalue weighted by atomic mass is 79.9. The third-order valence-electron chi connectivity index (χ3n) is 1.68. The second kappa shape index (κ2) is 4.70. The highest BCUT2D eigenvalue weighted by Crippen LogP contribution is 2.24. The van der Waals surface area contributed by atoms with E-state index in [-0.39, 0.29) is 16.5 Å². The average molecular weight is 276 g/mol. The van der Waals surface area contributed by atoms with Gasteiger partial charge in [0.25, 0.3) is 0 Å². The molecule has 0 aliphatic heterocycles. The Morgan fingerprint density at radius 1 is 1.71 bits per heavy atom. The molecule has 0 N–H and O–H groups in total. The molecule has 0 amide bonds. The summed E-state index contributed by atoms with van der Waals surface area (Å²) in [6.07, 6.45) is 1.63. The van der Waals surface area contributed by atoms with E-state index in [4.69, 9.17) is 0 Å². The van der Waals surface area contributed by atoms with Crippen LogP contribution in [0.2, 0.25) is 0 Å². The van der Waals surface area contributed by atoms with Gasteiger partial charge in [-0.3, -0.25) is 10.1 Å². The maximum atomic E-state index is 10.7. The first-order valence-corrected chi connectivity index (χ1v) is 5.78. The Kier molecular flexibility index (Phi) is 3.83. The fraction of sp³-hybridized carbons (Fsp3) is 0.333. The molecular formula is C9H10BrNO2S. The summed E-state index contributed by atoms with van der Waals surface area (Å²) >= 11 is 4.79. The van der Waals surface area contributed by atoms with Crippen LogP contribution in [0.4, 0.5) is 0 Å². The Morgan fingerprint density at radius 2 is 2.36 bits per heavy atom. The lowest BCUT2D eigenvalue weighted by atomic mass is 10.1. The molecular weight excluding hydrogens is 266 g/mol. The van der Waals surface area contributed by atoms with E-state index in [2.05, 4.69) is 15.9 Å². The lowest BCUT2D eigenvalue weighted by Gasteiger charge is -1.99.